The Morgan fingerprint density at radius 2 is 2.14 bits per heavy atom. The third kappa shape index (κ3) is 3.07. The molecule has 0 radical (unpaired) electrons. The van der Waals surface area contributed by atoms with Gasteiger partial charge in [-0.25, -0.2) is 4.98 Å². The molecule has 4 rings (SSSR count). The molecule has 0 saturated heterocycles. The van der Waals surface area contributed by atoms with Gasteiger partial charge in [-0.3, -0.25) is 4.79 Å². The molecule has 0 spiro atoms. The lowest BCUT2D eigenvalue weighted by Crippen LogP contribution is -2.51. The first kappa shape index (κ1) is 18.3. The van der Waals surface area contributed by atoms with Crippen molar-refractivity contribution in [1.29, 1.82) is 5.26 Å². The fraction of sp³-hybridized carbons (Fsp3) is 0.409. The van der Waals surface area contributed by atoms with E-state index in [0.29, 0.717) is 23.0 Å². The fourth-order valence-corrected chi connectivity index (χ4v) is 4.45. The van der Waals surface area contributed by atoms with Gasteiger partial charge in [0.2, 0.25) is 5.91 Å². The molecule has 0 unspecified atom stereocenters. The number of carbonyl (C=O) groups excluding carboxylic acids is 1. The Hall–Kier alpha value is -3.07. The minimum absolute atomic E-state index is 0.0450. The van der Waals surface area contributed by atoms with Gasteiger partial charge in [-0.05, 0) is 54.7 Å². The van der Waals surface area contributed by atoms with E-state index in [1.165, 1.54) is 0 Å². The molecule has 1 fully saturated rings. The van der Waals surface area contributed by atoms with Gasteiger partial charge in [0.25, 0.3) is 0 Å². The van der Waals surface area contributed by atoms with Gasteiger partial charge in [-0.2, -0.15) is 5.26 Å². The molecule has 3 atom stereocenters. The molecule has 2 aliphatic rings. The second kappa shape index (κ2) is 7.16. The van der Waals surface area contributed by atoms with Crippen LogP contribution in [0.2, 0.25) is 0 Å². The van der Waals surface area contributed by atoms with E-state index in [4.69, 9.17) is 4.74 Å². The zero-order valence-electron chi connectivity index (χ0n) is 16.3. The highest BCUT2D eigenvalue weighted by atomic mass is 16.5. The van der Waals surface area contributed by atoms with E-state index in [1.807, 2.05) is 29.2 Å². The van der Waals surface area contributed by atoms with Gasteiger partial charge in [0.15, 0.2) is 11.6 Å². The Morgan fingerprint density at radius 3 is 2.79 bits per heavy atom. The van der Waals surface area contributed by atoms with Crippen LogP contribution in [0.5, 0.6) is 5.75 Å². The Kier molecular flexibility index (Phi) is 4.68. The van der Waals surface area contributed by atoms with Crippen LogP contribution < -0.4 is 15.0 Å². The van der Waals surface area contributed by atoms with Gasteiger partial charge in [-0.15, -0.1) is 0 Å². The topological polar surface area (TPSA) is 78.2 Å². The molecule has 1 aliphatic carbocycles. The molecule has 1 aromatic carbocycles. The van der Waals surface area contributed by atoms with Gasteiger partial charge in [0.1, 0.15) is 0 Å². The summed E-state index contributed by atoms with van der Waals surface area (Å²) in [6.07, 6.45) is 4.01. The molecule has 2 aromatic rings. The van der Waals surface area contributed by atoms with Crippen LogP contribution in [0.15, 0.2) is 36.5 Å². The van der Waals surface area contributed by atoms with Crippen molar-refractivity contribution in [3.63, 3.8) is 0 Å². The van der Waals surface area contributed by atoms with Crippen LogP contribution in [-0.2, 0) is 4.79 Å². The largest absolute Gasteiger partial charge is 0.493 e. The highest BCUT2D eigenvalue weighted by Crippen LogP contribution is 2.50. The first-order valence-electron chi connectivity index (χ1n) is 9.64. The van der Waals surface area contributed by atoms with Crippen molar-refractivity contribution < 1.29 is 9.53 Å². The molecular weight excluding hydrogens is 352 g/mol. The van der Waals surface area contributed by atoms with Crippen LogP contribution in [0.1, 0.15) is 43.9 Å². The van der Waals surface area contributed by atoms with Crippen LogP contribution in [-0.4, -0.2) is 24.0 Å². The molecule has 6 nitrogen and oxygen atoms in total. The van der Waals surface area contributed by atoms with Crippen LogP contribution >= 0.6 is 0 Å². The van der Waals surface area contributed by atoms with Crippen molar-refractivity contribution in [1.82, 2.24) is 4.98 Å². The number of hydrogen-bond donors (Lipinski definition) is 1. The number of hydrogen-bond acceptors (Lipinski definition) is 5. The van der Waals surface area contributed by atoms with Gasteiger partial charge in [0, 0.05) is 30.8 Å². The number of nitriles is 1. The first-order chi connectivity index (χ1) is 13.5. The highest BCUT2D eigenvalue weighted by molar-refractivity contribution is 5.94. The summed E-state index contributed by atoms with van der Waals surface area (Å²) in [5.41, 5.74) is 2.42. The lowest BCUT2D eigenvalue weighted by Gasteiger charge is -2.46. The molecule has 28 heavy (non-hydrogen) atoms. The minimum Gasteiger partial charge on any atom is -0.493 e. The fourth-order valence-electron chi connectivity index (χ4n) is 4.45. The smallest absolute Gasteiger partial charge is 0.224 e. The van der Waals surface area contributed by atoms with Gasteiger partial charge in [-0.1, -0.05) is 6.92 Å². The summed E-state index contributed by atoms with van der Waals surface area (Å²) < 4.78 is 5.46. The van der Waals surface area contributed by atoms with E-state index in [9.17, 15) is 10.1 Å². The summed E-state index contributed by atoms with van der Waals surface area (Å²) in [7, 11) is 1.62. The van der Waals surface area contributed by atoms with Crippen molar-refractivity contribution in [2.45, 2.75) is 38.8 Å². The third-order valence-electron chi connectivity index (χ3n) is 5.84. The van der Waals surface area contributed by atoms with E-state index in [-0.39, 0.29) is 23.9 Å². The maximum Gasteiger partial charge on any atom is 0.224 e. The van der Waals surface area contributed by atoms with Crippen LogP contribution in [0.3, 0.4) is 0 Å². The van der Waals surface area contributed by atoms with Crippen LogP contribution in [0.4, 0.5) is 11.5 Å². The molecule has 0 bridgehead atoms. The number of anilines is 2. The summed E-state index contributed by atoms with van der Waals surface area (Å²) in [5.74, 6) is 2.05. The number of amides is 1. The van der Waals surface area contributed by atoms with Crippen molar-refractivity contribution in [3.05, 3.63) is 47.7 Å². The predicted octanol–water partition coefficient (Wildman–Crippen LogP) is 3.90. The molecule has 1 N–H and O–H groups in total. The Bertz CT molecular complexity index is 948. The number of benzene rings is 1. The Morgan fingerprint density at radius 1 is 1.36 bits per heavy atom. The average Bonchev–Trinajstić information content (AvgIpc) is 3.54. The lowest BCUT2D eigenvalue weighted by atomic mass is 9.79. The SMILES string of the molecule is COc1cccnc1N[C@H]1c2cc(C#N)ccc2N(C(C)=O)[C@@H](C2CC2)[C@@H]1C. The van der Waals surface area contributed by atoms with Gasteiger partial charge < -0.3 is 15.0 Å². The monoisotopic (exact) mass is 376 g/mol. The predicted molar refractivity (Wildman–Crippen MR) is 107 cm³/mol. The third-order valence-corrected chi connectivity index (χ3v) is 5.84. The van der Waals surface area contributed by atoms with E-state index < -0.39 is 0 Å². The maximum absolute atomic E-state index is 12.6. The highest BCUT2D eigenvalue weighted by Gasteiger charge is 2.47. The maximum atomic E-state index is 12.6. The first-order valence-corrected chi connectivity index (χ1v) is 9.64. The number of carbonyl (C=O) groups is 1. The Balaban J connectivity index is 1.83. The van der Waals surface area contributed by atoms with Crippen molar-refractivity contribution in [2.75, 3.05) is 17.3 Å². The van der Waals surface area contributed by atoms with Crippen LogP contribution in [0.25, 0.3) is 0 Å². The molecular formula is C22H24N4O2. The number of nitrogens with one attached hydrogen (secondary N) is 1. The normalized spacial score (nSPS) is 23.5. The molecule has 1 aromatic heterocycles. The molecule has 1 saturated carbocycles. The molecule has 144 valence electrons. The number of rotatable bonds is 4. The number of ether oxygens (including phenoxy) is 1. The second-order valence-corrected chi connectivity index (χ2v) is 7.64. The second-order valence-electron chi connectivity index (χ2n) is 7.64. The van der Waals surface area contributed by atoms with E-state index in [2.05, 4.69) is 23.3 Å². The van der Waals surface area contributed by atoms with Crippen molar-refractivity contribution in [2.24, 2.45) is 11.8 Å². The zero-order chi connectivity index (χ0) is 19.8. The summed E-state index contributed by atoms with van der Waals surface area (Å²) in [5, 5.41) is 13.0. The van der Waals surface area contributed by atoms with Gasteiger partial charge >= 0.3 is 0 Å². The molecule has 1 aliphatic heterocycles. The van der Waals surface area contributed by atoms with E-state index in [1.54, 1.807) is 26.3 Å². The number of pyridine rings is 1. The number of nitrogens with zero attached hydrogens (tertiary/aromatic N) is 3. The standard InChI is InChI=1S/C22H24N4O2/c1-13-20(25-22-19(28-3)5-4-10-24-22)17-11-15(12-23)6-9-18(17)26(14(2)27)21(13)16-7-8-16/h4-6,9-11,13,16,20-21H,7-8H2,1-3H3,(H,24,25)/t13-,20-,21-/m1/s1. The van der Waals surface area contributed by atoms with E-state index in [0.717, 1.165) is 24.1 Å². The number of methoxy groups -OCH3 is 1. The van der Waals surface area contributed by atoms with Crippen LogP contribution in [0, 0.1) is 23.2 Å². The summed E-state index contributed by atoms with van der Waals surface area (Å²) in [6.45, 7) is 3.80. The minimum atomic E-state index is -0.0756. The molecule has 1 amide bonds. The quantitative estimate of drug-likeness (QED) is 0.876. The van der Waals surface area contributed by atoms with E-state index >= 15 is 0 Å². The number of fused-ring (bicyclic) bond motifs is 1. The molecule has 2 heterocycles. The lowest BCUT2D eigenvalue weighted by molar-refractivity contribution is -0.117. The average molecular weight is 376 g/mol. The summed E-state index contributed by atoms with van der Waals surface area (Å²) in [6, 6.07) is 11.6. The zero-order valence-corrected chi connectivity index (χ0v) is 16.3. The Labute approximate surface area is 165 Å². The van der Waals surface area contributed by atoms with Gasteiger partial charge in [0.05, 0.1) is 24.8 Å². The summed E-state index contributed by atoms with van der Waals surface area (Å²) >= 11 is 0. The molecule has 6 heteroatoms. The summed E-state index contributed by atoms with van der Waals surface area (Å²) in [4.78, 5) is 19.0. The van der Waals surface area contributed by atoms with Crippen molar-refractivity contribution in [3.8, 4) is 11.8 Å². The van der Waals surface area contributed by atoms with Crippen molar-refractivity contribution >= 4 is 17.4 Å². The number of aromatic nitrogens is 1.